The third-order valence-corrected chi connectivity index (χ3v) is 3.67. The van der Waals surface area contributed by atoms with E-state index in [0.717, 1.165) is 30.3 Å². The van der Waals surface area contributed by atoms with E-state index in [0.29, 0.717) is 13.1 Å². The predicted octanol–water partition coefficient (Wildman–Crippen LogP) is 2.04. The molecule has 0 bridgehead atoms. The first kappa shape index (κ1) is 14.9. The number of ether oxygens (including phenoxy) is 1. The Morgan fingerprint density at radius 2 is 2.05 bits per heavy atom. The van der Waals surface area contributed by atoms with E-state index in [1.165, 1.54) is 12.8 Å². The van der Waals surface area contributed by atoms with Gasteiger partial charge in [-0.1, -0.05) is 12.1 Å². The molecule has 1 aromatic carbocycles. The summed E-state index contributed by atoms with van der Waals surface area (Å²) in [4.78, 5) is 14.0. The Morgan fingerprint density at radius 1 is 1.35 bits per heavy atom. The first-order valence-electron chi connectivity index (χ1n) is 7.34. The molecule has 0 saturated heterocycles. The Bertz CT molecular complexity index is 427. The summed E-state index contributed by atoms with van der Waals surface area (Å²) in [5, 5.41) is 3.25. The molecular formula is C16H24N2O2. The number of amides is 1. The van der Waals surface area contributed by atoms with Crippen LogP contribution >= 0.6 is 0 Å². The average Bonchev–Trinajstić information content (AvgIpc) is 3.29. The minimum absolute atomic E-state index is 0.170. The summed E-state index contributed by atoms with van der Waals surface area (Å²) in [6.45, 7) is 4.83. The zero-order valence-corrected chi connectivity index (χ0v) is 12.4. The van der Waals surface area contributed by atoms with E-state index in [9.17, 15) is 4.79 Å². The maximum absolute atomic E-state index is 12.1. The van der Waals surface area contributed by atoms with E-state index in [2.05, 4.69) is 5.32 Å². The first-order valence-corrected chi connectivity index (χ1v) is 7.34. The minimum Gasteiger partial charge on any atom is -0.497 e. The number of benzene rings is 1. The Balaban J connectivity index is 1.80. The molecule has 1 aromatic rings. The molecule has 1 fully saturated rings. The van der Waals surface area contributed by atoms with Gasteiger partial charge in [0.2, 0.25) is 5.91 Å². The van der Waals surface area contributed by atoms with Gasteiger partial charge < -0.3 is 15.0 Å². The number of nitrogens with one attached hydrogen (secondary N) is 1. The molecule has 1 amide bonds. The van der Waals surface area contributed by atoms with Crippen molar-refractivity contribution in [1.82, 2.24) is 10.2 Å². The lowest BCUT2D eigenvalue weighted by Crippen LogP contribution is -2.38. The van der Waals surface area contributed by atoms with Crippen molar-refractivity contribution >= 4 is 5.91 Å². The van der Waals surface area contributed by atoms with Crippen LogP contribution in [0.2, 0.25) is 0 Å². The summed E-state index contributed by atoms with van der Waals surface area (Å²) in [5.74, 6) is 1.82. The van der Waals surface area contributed by atoms with Gasteiger partial charge in [-0.3, -0.25) is 4.79 Å². The number of nitrogens with zero attached hydrogens (tertiary/aromatic N) is 1. The molecule has 2 rings (SSSR count). The van der Waals surface area contributed by atoms with Crippen molar-refractivity contribution in [1.29, 1.82) is 0 Å². The lowest BCUT2D eigenvalue weighted by Gasteiger charge is -2.21. The van der Waals surface area contributed by atoms with Gasteiger partial charge in [-0.2, -0.15) is 0 Å². The summed E-state index contributed by atoms with van der Waals surface area (Å²) >= 11 is 0. The molecule has 4 heteroatoms. The fourth-order valence-corrected chi connectivity index (χ4v) is 2.14. The number of carbonyl (C=O) groups excluding carboxylic acids is 1. The van der Waals surface area contributed by atoms with Crippen LogP contribution in [0.3, 0.4) is 0 Å². The quantitative estimate of drug-likeness (QED) is 0.790. The number of rotatable bonds is 8. The highest BCUT2D eigenvalue weighted by molar-refractivity contribution is 5.78. The van der Waals surface area contributed by atoms with Crippen molar-refractivity contribution < 1.29 is 9.53 Å². The van der Waals surface area contributed by atoms with Crippen LogP contribution in [0.5, 0.6) is 5.75 Å². The first-order chi connectivity index (χ1) is 9.72. The summed E-state index contributed by atoms with van der Waals surface area (Å²) in [6.07, 6.45) is 2.62. The van der Waals surface area contributed by atoms with Crippen molar-refractivity contribution in [3.63, 3.8) is 0 Å². The largest absolute Gasteiger partial charge is 0.497 e. The zero-order valence-electron chi connectivity index (χ0n) is 12.4. The van der Waals surface area contributed by atoms with Gasteiger partial charge in [-0.15, -0.1) is 0 Å². The Labute approximate surface area is 121 Å². The highest BCUT2D eigenvalue weighted by atomic mass is 16.5. The highest BCUT2D eigenvalue weighted by Crippen LogP contribution is 2.27. The van der Waals surface area contributed by atoms with E-state index >= 15 is 0 Å². The molecule has 20 heavy (non-hydrogen) atoms. The molecule has 0 atom stereocenters. The maximum Gasteiger partial charge on any atom is 0.236 e. The van der Waals surface area contributed by atoms with Gasteiger partial charge in [0.1, 0.15) is 5.75 Å². The predicted molar refractivity (Wildman–Crippen MR) is 79.7 cm³/mol. The van der Waals surface area contributed by atoms with Crippen LogP contribution in [-0.4, -0.2) is 37.6 Å². The lowest BCUT2D eigenvalue weighted by molar-refractivity contribution is -0.130. The van der Waals surface area contributed by atoms with Crippen molar-refractivity contribution in [3.8, 4) is 5.75 Å². The Hall–Kier alpha value is -1.55. The summed E-state index contributed by atoms with van der Waals surface area (Å²) in [5.41, 5.74) is 1.13. The summed E-state index contributed by atoms with van der Waals surface area (Å²) < 4.78 is 5.14. The molecule has 1 saturated carbocycles. The van der Waals surface area contributed by atoms with Crippen LogP contribution in [0.1, 0.15) is 25.3 Å². The molecule has 4 nitrogen and oxygen atoms in total. The number of methoxy groups -OCH3 is 1. The smallest absolute Gasteiger partial charge is 0.236 e. The minimum atomic E-state index is 0.170. The molecule has 1 aliphatic carbocycles. The summed E-state index contributed by atoms with van der Waals surface area (Å²) in [7, 11) is 1.66. The zero-order chi connectivity index (χ0) is 14.4. The van der Waals surface area contributed by atoms with E-state index in [1.54, 1.807) is 7.11 Å². The van der Waals surface area contributed by atoms with Crippen molar-refractivity contribution in [2.24, 2.45) is 5.92 Å². The second-order valence-corrected chi connectivity index (χ2v) is 5.33. The van der Waals surface area contributed by atoms with Crippen LogP contribution in [0.4, 0.5) is 0 Å². The molecule has 1 N–H and O–H groups in total. The molecule has 0 aromatic heterocycles. The molecule has 0 aliphatic heterocycles. The number of hydrogen-bond donors (Lipinski definition) is 1. The van der Waals surface area contributed by atoms with E-state index in [1.807, 2.05) is 36.1 Å². The topological polar surface area (TPSA) is 41.6 Å². The number of likely N-dealkylation sites (N-methyl/N-ethyl adjacent to an activating group) is 1. The van der Waals surface area contributed by atoms with Crippen LogP contribution < -0.4 is 10.1 Å². The van der Waals surface area contributed by atoms with Crippen molar-refractivity contribution in [2.45, 2.75) is 26.3 Å². The van der Waals surface area contributed by atoms with Gasteiger partial charge >= 0.3 is 0 Å². The second kappa shape index (κ2) is 7.29. The third kappa shape index (κ3) is 4.53. The van der Waals surface area contributed by atoms with E-state index < -0.39 is 0 Å². The van der Waals surface area contributed by atoms with Gasteiger partial charge in [0.15, 0.2) is 0 Å². The second-order valence-electron chi connectivity index (χ2n) is 5.33. The summed E-state index contributed by atoms with van der Waals surface area (Å²) in [6, 6.07) is 7.87. The number of hydrogen-bond acceptors (Lipinski definition) is 3. The van der Waals surface area contributed by atoms with Crippen molar-refractivity contribution in [3.05, 3.63) is 29.8 Å². The Kier molecular flexibility index (Phi) is 5.41. The maximum atomic E-state index is 12.1. The van der Waals surface area contributed by atoms with Gasteiger partial charge in [0.05, 0.1) is 13.7 Å². The van der Waals surface area contributed by atoms with Gasteiger partial charge in [-0.05, 0) is 49.9 Å². The van der Waals surface area contributed by atoms with Crippen LogP contribution in [0.15, 0.2) is 24.3 Å². The fourth-order valence-electron chi connectivity index (χ4n) is 2.14. The lowest BCUT2D eigenvalue weighted by atomic mass is 10.2. The van der Waals surface area contributed by atoms with Gasteiger partial charge in [0, 0.05) is 13.1 Å². The Morgan fingerprint density at radius 3 is 2.60 bits per heavy atom. The van der Waals surface area contributed by atoms with Crippen LogP contribution in [0.25, 0.3) is 0 Å². The van der Waals surface area contributed by atoms with Gasteiger partial charge in [0.25, 0.3) is 0 Å². The van der Waals surface area contributed by atoms with E-state index in [-0.39, 0.29) is 5.91 Å². The molecule has 110 valence electrons. The highest BCUT2D eigenvalue weighted by Gasteiger charge is 2.21. The van der Waals surface area contributed by atoms with Crippen LogP contribution in [-0.2, 0) is 11.3 Å². The molecule has 0 radical (unpaired) electrons. The molecule has 0 spiro atoms. The fraction of sp³-hybridized carbons (Fsp3) is 0.562. The average molecular weight is 276 g/mol. The molecule has 0 heterocycles. The molecular weight excluding hydrogens is 252 g/mol. The number of carbonyl (C=O) groups is 1. The molecule has 1 aliphatic rings. The SMILES string of the molecule is CCN(Cc1ccc(OC)cc1)C(=O)CNCC1CC1. The van der Waals surface area contributed by atoms with E-state index in [4.69, 9.17) is 4.74 Å². The third-order valence-electron chi connectivity index (χ3n) is 3.67. The van der Waals surface area contributed by atoms with Crippen molar-refractivity contribution in [2.75, 3.05) is 26.7 Å². The molecule has 0 unspecified atom stereocenters. The monoisotopic (exact) mass is 276 g/mol. The van der Waals surface area contributed by atoms with Gasteiger partial charge in [-0.25, -0.2) is 0 Å². The van der Waals surface area contributed by atoms with Crippen LogP contribution in [0, 0.1) is 5.92 Å². The standard InChI is InChI=1S/C16H24N2O2/c1-3-18(16(19)11-17-10-13-4-5-13)12-14-6-8-15(20-2)9-7-14/h6-9,13,17H,3-5,10-12H2,1-2H3. The normalized spacial score (nSPS) is 14.1.